The van der Waals surface area contributed by atoms with Gasteiger partial charge < -0.3 is 15.5 Å². The Morgan fingerprint density at radius 1 is 1.56 bits per heavy atom. The zero-order valence-corrected chi connectivity index (χ0v) is 9.32. The molecule has 0 radical (unpaired) electrons. The van der Waals surface area contributed by atoms with Crippen LogP contribution in [-0.4, -0.2) is 18.5 Å². The molecule has 0 spiro atoms. The van der Waals surface area contributed by atoms with E-state index in [4.69, 9.17) is 10.2 Å². The van der Waals surface area contributed by atoms with Crippen LogP contribution in [0.1, 0.15) is 36.0 Å². The fourth-order valence-electron chi connectivity index (χ4n) is 2.25. The van der Waals surface area contributed by atoms with Crippen molar-refractivity contribution in [2.45, 2.75) is 31.7 Å². The maximum Gasteiger partial charge on any atom is 0.254 e. The molecule has 16 heavy (non-hydrogen) atoms. The molecule has 0 aromatic carbocycles. The number of nitrogens with one attached hydrogen (secondary N) is 1. The number of amides is 1. The van der Waals surface area contributed by atoms with Crippen molar-refractivity contribution in [2.75, 3.05) is 6.54 Å². The molecule has 3 N–H and O–H groups in total. The second-order valence-electron chi connectivity index (χ2n) is 4.51. The van der Waals surface area contributed by atoms with Crippen molar-refractivity contribution in [1.82, 2.24) is 5.32 Å². The molecule has 0 aliphatic heterocycles. The van der Waals surface area contributed by atoms with E-state index in [2.05, 4.69) is 5.32 Å². The molecule has 1 amide bonds. The van der Waals surface area contributed by atoms with Crippen molar-refractivity contribution in [3.63, 3.8) is 0 Å². The normalized spacial score (nSPS) is 25.3. The molecule has 1 aromatic heterocycles. The van der Waals surface area contributed by atoms with E-state index in [1.54, 1.807) is 6.07 Å². The van der Waals surface area contributed by atoms with Crippen molar-refractivity contribution >= 4 is 5.91 Å². The molecule has 88 valence electrons. The van der Waals surface area contributed by atoms with Gasteiger partial charge in [0.2, 0.25) is 0 Å². The highest BCUT2D eigenvalue weighted by Crippen LogP contribution is 2.22. The number of rotatable bonds is 3. The fraction of sp³-hybridized carbons (Fsp3) is 0.583. The Balaban J connectivity index is 1.77. The van der Waals surface area contributed by atoms with Crippen molar-refractivity contribution in [1.29, 1.82) is 0 Å². The quantitative estimate of drug-likeness (QED) is 0.814. The number of nitrogens with two attached hydrogens (primary N) is 1. The number of hydrogen-bond acceptors (Lipinski definition) is 3. The van der Waals surface area contributed by atoms with E-state index in [1.165, 1.54) is 25.4 Å². The van der Waals surface area contributed by atoms with Gasteiger partial charge in [-0.3, -0.25) is 4.79 Å². The standard InChI is InChI=1S/C12H18N2O2/c13-11-3-1-2-9(6-11)7-14-12(15)10-4-5-16-8-10/h4-5,8-9,11H,1-3,6-7,13H2,(H,14,15). The second kappa shape index (κ2) is 5.16. The lowest BCUT2D eigenvalue weighted by atomic mass is 9.86. The van der Waals surface area contributed by atoms with Crippen LogP contribution in [0.5, 0.6) is 0 Å². The molecule has 1 fully saturated rings. The smallest absolute Gasteiger partial charge is 0.254 e. The van der Waals surface area contributed by atoms with Crippen LogP contribution in [0, 0.1) is 5.92 Å². The fourth-order valence-corrected chi connectivity index (χ4v) is 2.25. The molecule has 4 heteroatoms. The molecule has 4 nitrogen and oxygen atoms in total. The topological polar surface area (TPSA) is 68.3 Å². The van der Waals surface area contributed by atoms with Crippen LogP contribution in [0.3, 0.4) is 0 Å². The van der Waals surface area contributed by atoms with Gasteiger partial charge in [-0.25, -0.2) is 0 Å². The second-order valence-corrected chi connectivity index (χ2v) is 4.51. The molecule has 1 saturated carbocycles. The summed E-state index contributed by atoms with van der Waals surface area (Å²) in [6.45, 7) is 0.720. The first-order chi connectivity index (χ1) is 7.75. The Bertz CT molecular complexity index is 335. The number of hydrogen-bond donors (Lipinski definition) is 2. The Kier molecular flexibility index (Phi) is 3.62. The van der Waals surface area contributed by atoms with E-state index in [-0.39, 0.29) is 5.91 Å². The van der Waals surface area contributed by atoms with Gasteiger partial charge >= 0.3 is 0 Å². The lowest BCUT2D eigenvalue weighted by Crippen LogP contribution is -2.35. The van der Waals surface area contributed by atoms with Crippen molar-refractivity contribution in [3.05, 3.63) is 24.2 Å². The van der Waals surface area contributed by atoms with E-state index >= 15 is 0 Å². The Labute approximate surface area is 95.2 Å². The highest BCUT2D eigenvalue weighted by molar-refractivity contribution is 5.93. The molecule has 2 rings (SSSR count). The summed E-state index contributed by atoms with van der Waals surface area (Å²) >= 11 is 0. The third-order valence-electron chi connectivity index (χ3n) is 3.16. The molecule has 1 aliphatic rings. The minimum absolute atomic E-state index is 0.0621. The Hall–Kier alpha value is -1.29. The summed E-state index contributed by atoms with van der Waals surface area (Å²) in [6.07, 6.45) is 7.44. The number of furan rings is 1. The molecule has 1 aromatic rings. The first-order valence-electron chi connectivity index (χ1n) is 5.81. The average Bonchev–Trinajstić information content (AvgIpc) is 2.79. The molecule has 2 unspecified atom stereocenters. The lowest BCUT2D eigenvalue weighted by molar-refractivity contribution is 0.0942. The molecule has 2 atom stereocenters. The van der Waals surface area contributed by atoms with Crippen LogP contribution < -0.4 is 11.1 Å². The van der Waals surface area contributed by atoms with Crippen molar-refractivity contribution in [3.8, 4) is 0 Å². The molecular weight excluding hydrogens is 204 g/mol. The monoisotopic (exact) mass is 222 g/mol. The van der Waals surface area contributed by atoms with Crippen LogP contribution in [0.25, 0.3) is 0 Å². The van der Waals surface area contributed by atoms with Crippen LogP contribution in [0.15, 0.2) is 23.0 Å². The maximum atomic E-state index is 11.6. The van der Waals surface area contributed by atoms with Crippen LogP contribution in [0.2, 0.25) is 0 Å². The predicted molar refractivity (Wildman–Crippen MR) is 61.0 cm³/mol. The predicted octanol–water partition coefficient (Wildman–Crippen LogP) is 1.53. The van der Waals surface area contributed by atoms with Gasteiger partial charge in [-0.2, -0.15) is 0 Å². The van der Waals surface area contributed by atoms with Crippen molar-refractivity contribution < 1.29 is 9.21 Å². The maximum absolute atomic E-state index is 11.6. The van der Waals surface area contributed by atoms with Gasteiger partial charge in [-0.15, -0.1) is 0 Å². The SMILES string of the molecule is NC1CCCC(CNC(=O)c2ccoc2)C1. The van der Waals surface area contributed by atoms with Gasteiger partial charge in [-0.1, -0.05) is 6.42 Å². The average molecular weight is 222 g/mol. The van der Waals surface area contributed by atoms with Gasteiger partial charge in [0.05, 0.1) is 11.8 Å². The van der Waals surface area contributed by atoms with Gasteiger partial charge in [0, 0.05) is 12.6 Å². The molecule has 1 aliphatic carbocycles. The summed E-state index contributed by atoms with van der Waals surface area (Å²) in [7, 11) is 0. The van der Waals surface area contributed by atoms with Crippen LogP contribution in [0.4, 0.5) is 0 Å². The molecule has 1 heterocycles. The first-order valence-corrected chi connectivity index (χ1v) is 5.81. The summed E-state index contributed by atoms with van der Waals surface area (Å²) < 4.78 is 4.86. The zero-order valence-electron chi connectivity index (χ0n) is 9.32. The minimum Gasteiger partial charge on any atom is -0.472 e. The third-order valence-corrected chi connectivity index (χ3v) is 3.16. The summed E-state index contributed by atoms with van der Waals surface area (Å²) in [5, 5.41) is 2.92. The summed E-state index contributed by atoms with van der Waals surface area (Å²) in [5.41, 5.74) is 6.48. The van der Waals surface area contributed by atoms with Gasteiger partial charge in [0.15, 0.2) is 0 Å². The van der Waals surface area contributed by atoms with E-state index < -0.39 is 0 Å². The van der Waals surface area contributed by atoms with E-state index in [0.717, 1.165) is 19.4 Å². The van der Waals surface area contributed by atoms with Gasteiger partial charge in [0.25, 0.3) is 5.91 Å². The number of carbonyl (C=O) groups excluding carboxylic acids is 1. The summed E-state index contributed by atoms with van der Waals surface area (Å²) in [5.74, 6) is 0.465. The number of carbonyl (C=O) groups is 1. The molecule has 0 saturated heterocycles. The highest BCUT2D eigenvalue weighted by atomic mass is 16.3. The third kappa shape index (κ3) is 2.85. The van der Waals surface area contributed by atoms with Gasteiger partial charge in [0.1, 0.15) is 6.26 Å². The van der Waals surface area contributed by atoms with Crippen LogP contribution in [-0.2, 0) is 0 Å². The van der Waals surface area contributed by atoms with E-state index in [1.807, 2.05) is 0 Å². The van der Waals surface area contributed by atoms with E-state index in [0.29, 0.717) is 17.5 Å². The zero-order chi connectivity index (χ0) is 11.4. The minimum atomic E-state index is -0.0621. The largest absolute Gasteiger partial charge is 0.472 e. The molecule has 0 bridgehead atoms. The van der Waals surface area contributed by atoms with Crippen molar-refractivity contribution in [2.24, 2.45) is 11.7 Å². The summed E-state index contributed by atoms with van der Waals surface area (Å²) in [6, 6.07) is 1.98. The highest BCUT2D eigenvalue weighted by Gasteiger charge is 2.19. The Morgan fingerprint density at radius 3 is 3.12 bits per heavy atom. The first kappa shape index (κ1) is 11.2. The Morgan fingerprint density at radius 2 is 2.44 bits per heavy atom. The molecular formula is C12H18N2O2. The summed E-state index contributed by atoms with van der Waals surface area (Å²) in [4.78, 5) is 11.6. The van der Waals surface area contributed by atoms with Gasteiger partial charge in [-0.05, 0) is 31.2 Å². The lowest BCUT2D eigenvalue weighted by Gasteiger charge is -2.26. The van der Waals surface area contributed by atoms with Crippen LogP contribution >= 0.6 is 0 Å². The van der Waals surface area contributed by atoms with E-state index in [9.17, 15) is 4.79 Å².